The van der Waals surface area contributed by atoms with Crippen LogP contribution in [0.1, 0.15) is 5.56 Å². The van der Waals surface area contributed by atoms with Crippen LogP contribution in [0.3, 0.4) is 0 Å². The molecule has 1 aromatic carbocycles. The molecule has 0 radical (unpaired) electrons. The van der Waals surface area contributed by atoms with E-state index < -0.39 is 12.0 Å². The summed E-state index contributed by atoms with van der Waals surface area (Å²) in [4.78, 5) is 0. The average Bonchev–Trinajstić information content (AvgIpc) is 2.35. The van der Waals surface area contributed by atoms with Gasteiger partial charge in [0.05, 0.1) is 12.7 Å². The molecule has 0 aromatic heterocycles. The van der Waals surface area contributed by atoms with Gasteiger partial charge in [0.1, 0.15) is 0 Å². The van der Waals surface area contributed by atoms with E-state index in [0.29, 0.717) is 5.02 Å². The third kappa shape index (κ3) is 3.64. The maximum Gasteiger partial charge on any atom is 0.301 e. The molecule has 3 nitrogen and oxygen atoms in total. The first-order valence-corrected chi connectivity index (χ1v) is 5.66. The standard InChI is InChI=1S/C12H13ClF2N2O/c1-18-7-6-17-11(8-16)12(14,15)9-2-4-10(13)5-3-9/h2-5,11,17H,6-7H2,1H3. The Morgan fingerprint density at radius 2 is 2.06 bits per heavy atom. The highest BCUT2D eigenvalue weighted by Gasteiger charge is 2.41. The summed E-state index contributed by atoms with van der Waals surface area (Å²) >= 11 is 5.64. The minimum atomic E-state index is -3.28. The number of nitriles is 1. The van der Waals surface area contributed by atoms with Crippen LogP contribution >= 0.6 is 11.6 Å². The molecule has 18 heavy (non-hydrogen) atoms. The molecule has 98 valence electrons. The van der Waals surface area contributed by atoms with E-state index in [9.17, 15) is 8.78 Å². The summed E-state index contributed by atoms with van der Waals surface area (Å²) in [5, 5.41) is 11.6. The Hall–Kier alpha value is -1.22. The van der Waals surface area contributed by atoms with Crippen LogP contribution in [-0.2, 0) is 10.7 Å². The minimum absolute atomic E-state index is 0.178. The lowest BCUT2D eigenvalue weighted by atomic mass is 10.0. The molecule has 1 unspecified atom stereocenters. The topological polar surface area (TPSA) is 45.0 Å². The van der Waals surface area contributed by atoms with Crippen LogP contribution in [0.15, 0.2) is 24.3 Å². The summed E-state index contributed by atoms with van der Waals surface area (Å²) in [7, 11) is 1.46. The number of hydrogen-bond acceptors (Lipinski definition) is 3. The van der Waals surface area contributed by atoms with Crippen molar-refractivity contribution in [1.82, 2.24) is 5.32 Å². The second-order valence-electron chi connectivity index (χ2n) is 3.64. The van der Waals surface area contributed by atoms with E-state index in [-0.39, 0.29) is 18.7 Å². The molecule has 0 spiro atoms. The normalized spacial score (nSPS) is 13.1. The van der Waals surface area contributed by atoms with Crippen LogP contribution in [0.4, 0.5) is 8.78 Å². The molecule has 1 rings (SSSR count). The van der Waals surface area contributed by atoms with E-state index >= 15 is 0 Å². The highest BCUT2D eigenvalue weighted by Crippen LogP contribution is 2.32. The zero-order valence-electron chi connectivity index (χ0n) is 9.79. The summed E-state index contributed by atoms with van der Waals surface area (Å²) in [6, 6.07) is 5.13. The van der Waals surface area contributed by atoms with E-state index in [4.69, 9.17) is 21.6 Å². The number of hydrogen-bond donors (Lipinski definition) is 1. The van der Waals surface area contributed by atoms with Crippen LogP contribution < -0.4 is 5.32 Å². The Morgan fingerprint density at radius 1 is 1.44 bits per heavy atom. The molecule has 1 atom stereocenters. The Labute approximate surface area is 109 Å². The predicted molar refractivity (Wildman–Crippen MR) is 64.6 cm³/mol. The van der Waals surface area contributed by atoms with Gasteiger partial charge in [-0.15, -0.1) is 0 Å². The molecule has 0 heterocycles. The molecule has 0 amide bonds. The first-order chi connectivity index (χ1) is 8.52. The van der Waals surface area contributed by atoms with Gasteiger partial charge in [-0.3, -0.25) is 5.32 Å². The summed E-state index contributed by atoms with van der Waals surface area (Å²) in [6.07, 6.45) is 0. The van der Waals surface area contributed by atoms with Crippen molar-refractivity contribution in [2.75, 3.05) is 20.3 Å². The number of nitrogens with one attached hydrogen (secondary N) is 1. The van der Waals surface area contributed by atoms with Crippen molar-refractivity contribution in [3.05, 3.63) is 34.9 Å². The summed E-state index contributed by atoms with van der Waals surface area (Å²) in [5.41, 5.74) is -0.247. The third-order valence-electron chi connectivity index (χ3n) is 2.38. The van der Waals surface area contributed by atoms with Crippen molar-refractivity contribution in [2.24, 2.45) is 0 Å². The van der Waals surface area contributed by atoms with Crippen molar-refractivity contribution >= 4 is 11.6 Å². The monoisotopic (exact) mass is 274 g/mol. The molecule has 0 saturated heterocycles. The molecule has 6 heteroatoms. The molecule has 1 N–H and O–H groups in total. The Kier molecular flexibility index (Phi) is 5.48. The fourth-order valence-electron chi connectivity index (χ4n) is 1.40. The minimum Gasteiger partial charge on any atom is -0.383 e. The van der Waals surface area contributed by atoms with Gasteiger partial charge in [0.15, 0.2) is 6.04 Å². The van der Waals surface area contributed by atoms with Gasteiger partial charge in [0.25, 0.3) is 0 Å². The van der Waals surface area contributed by atoms with Crippen molar-refractivity contribution in [3.63, 3.8) is 0 Å². The molecular formula is C12H13ClF2N2O. The summed E-state index contributed by atoms with van der Waals surface area (Å²) in [5.74, 6) is -3.28. The zero-order chi connectivity index (χ0) is 13.6. The second kappa shape index (κ2) is 6.64. The Morgan fingerprint density at radius 3 is 2.56 bits per heavy atom. The summed E-state index contributed by atoms with van der Waals surface area (Å²) < 4.78 is 32.8. The first-order valence-electron chi connectivity index (χ1n) is 5.28. The highest BCUT2D eigenvalue weighted by atomic mass is 35.5. The highest BCUT2D eigenvalue weighted by molar-refractivity contribution is 6.30. The second-order valence-corrected chi connectivity index (χ2v) is 4.08. The van der Waals surface area contributed by atoms with Crippen LogP contribution in [0.25, 0.3) is 0 Å². The van der Waals surface area contributed by atoms with Crippen LogP contribution in [0.5, 0.6) is 0 Å². The number of benzene rings is 1. The molecule has 0 aliphatic carbocycles. The average molecular weight is 275 g/mol. The first kappa shape index (κ1) is 14.8. The molecule has 0 fully saturated rings. The number of alkyl halides is 2. The Bertz CT molecular complexity index is 417. The van der Waals surface area contributed by atoms with Gasteiger partial charge in [-0.05, 0) is 12.1 Å². The Balaban J connectivity index is 2.82. The van der Waals surface area contributed by atoms with Gasteiger partial charge in [-0.25, -0.2) is 0 Å². The van der Waals surface area contributed by atoms with Crippen LogP contribution in [-0.4, -0.2) is 26.3 Å². The zero-order valence-corrected chi connectivity index (χ0v) is 10.5. The largest absolute Gasteiger partial charge is 0.383 e. The molecule has 1 aromatic rings. The maximum atomic E-state index is 14.0. The number of ether oxygens (including phenoxy) is 1. The van der Waals surface area contributed by atoms with E-state index in [0.717, 1.165) is 0 Å². The number of rotatable bonds is 6. The van der Waals surface area contributed by atoms with Gasteiger partial charge in [0, 0.05) is 24.2 Å². The van der Waals surface area contributed by atoms with E-state index in [1.54, 1.807) is 6.07 Å². The predicted octanol–water partition coefficient (Wildman–Crippen LogP) is 2.56. The number of halogens is 3. The van der Waals surface area contributed by atoms with Gasteiger partial charge in [0.2, 0.25) is 0 Å². The summed E-state index contributed by atoms with van der Waals surface area (Å²) in [6.45, 7) is 0.437. The van der Waals surface area contributed by atoms with Gasteiger partial charge >= 0.3 is 5.92 Å². The number of methoxy groups -OCH3 is 1. The SMILES string of the molecule is COCCNC(C#N)C(F)(F)c1ccc(Cl)cc1. The smallest absolute Gasteiger partial charge is 0.301 e. The quantitative estimate of drug-likeness (QED) is 0.811. The van der Waals surface area contributed by atoms with Gasteiger partial charge in [-0.1, -0.05) is 23.7 Å². The molecule has 0 aliphatic rings. The molecule has 0 saturated carbocycles. The van der Waals surface area contributed by atoms with E-state index in [1.165, 1.54) is 31.4 Å². The van der Waals surface area contributed by atoms with Crippen molar-refractivity contribution in [1.29, 1.82) is 5.26 Å². The fraction of sp³-hybridized carbons (Fsp3) is 0.417. The van der Waals surface area contributed by atoms with Crippen molar-refractivity contribution in [2.45, 2.75) is 12.0 Å². The van der Waals surface area contributed by atoms with Crippen molar-refractivity contribution in [3.8, 4) is 6.07 Å². The van der Waals surface area contributed by atoms with E-state index in [1.807, 2.05) is 0 Å². The van der Waals surface area contributed by atoms with Gasteiger partial charge < -0.3 is 4.74 Å². The lowest BCUT2D eigenvalue weighted by Gasteiger charge is -2.22. The van der Waals surface area contributed by atoms with Crippen LogP contribution in [0.2, 0.25) is 5.02 Å². The van der Waals surface area contributed by atoms with E-state index in [2.05, 4.69) is 5.32 Å². The lowest BCUT2D eigenvalue weighted by Crippen LogP contribution is -2.43. The number of nitrogens with zero attached hydrogens (tertiary/aromatic N) is 1. The molecule has 0 aliphatic heterocycles. The fourth-order valence-corrected chi connectivity index (χ4v) is 1.52. The third-order valence-corrected chi connectivity index (χ3v) is 2.63. The van der Waals surface area contributed by atoms with Gasteiger partial charge in [-0.2, -0.15) is 14.0 Å². The molecule has 0 bridgehead atoms. The molecular weight excluding hydrogens is 262 g/mol. The maximum absolute atomic E-state index is 14.0. The van der Waals surface area contributed by atoms with Crippen LogP contribution in [0, 0.1) is 11.3 Å². The lowest BCUT2D eigenvalue weighted by molar-refractivity contribution is -0.0270. The van der Waals surface area contributed by atoms with Crippen molar-refractivity contribution < 1.29 is 13.5 Å².